The molecule has 0 saturated heterocycles. The highest BCUT2D eigenvalue weighted by Crippen LogP contribution is 2.32. The maximum absolute atomic E-state index is 13.5. The Morgan fingerprint density at radius 2 is 1.91 bits per heavy atom. The smallest absolute Gasteiger partial charge is 0.274 e. The Hall–Kier alpha value is -3.79. The van der Waals surface area contributed by atoms with E-state index in [2.05, 4.69) is 11.4 Å². The van der Waals surface area contributed by atoms with E-state index < -0.39 is 0 Å². The van der Waals surface area contributed by atoms with Crippen molar-refractivity contribution >= 4 is 11.7 Å². The maximum atomic E-state index is 13.5. The minimum atomic E-state index is 0.0324. The quantitative estimate of drug-likeness (QED) is 0.622. The van der Waals surface area contributed by atoms with E-state index in [-0.39, 0.29) is 12.5 Å². The summed E-state index contributed by atoms with van der Waals surface area (Å²) in [5.74, 6) is 2.64. The zero-order valence-electron chi connectivity index (χ0n) is 17.8. The molecule has 0 spiro atoms. The zero-order chi connectivity index (χ0) is 21.9. The summed E-state index contributed by atoms with van der Waals surface area (Å²) in [7, 11) is 0. The lowest BCUT2D eigenvalue weighted by atomic mass is 10.2. The molecule has 0 atom stereocenters. The average Bonchev–Trinajstić information content (AvgIpc) is 3.60. The molecule has 162 valence electrons. The van der Waals surface area contributed by atoms with Crippen LogP contribution in [0.2, 0.25) is 0 Å². The van der Waals surface area contributed by atoms with Gasteiger partial charge in [-0.25, -0.2) is 4.98 Å². The van der Waals surface area contributed by atoms with E-state index in [1.807, 2.05) is 39.8 Å². The Morgan fingerprint density at radius 3 is 2.62 bits per heavy atom. The molecule has 1 aliphatic carbocycles. The molecule has 32 heavy (non-hydrogen) atoms. The summed E-state index contributed by atoms with van der Waals surface area (Å²) >= 11 is 0. The van der Waals surface area contributed by atoms with E-state index in [9.17, 15) is 4.79 Å². The van der Waals surface area contributed by atoms with Crippen molar-refractivity contribution in [2.75, 3.05) is 25.0 Å². The van der Waals surface area contributed by atoms with E-state index in [4.69, 9.17) is 15.0 Å². The highest BCUT2D eigenvalue weighted by molar-refractivity contribution is 5.98. The van der Waals surface area contributed by atoms with Gasteiger partial charge in [0.1, 0.15) is 18.2 Å². The van der Waals surface area contributed by atoms with Gasteiger partial charge in [0.25, 0.3) is 5.91 Å². The number of aromatic nitrogens is 2. The molecular weight excluding hydrogens is 402 g/mol. The summed E-state index contributed by atoms with van der Waals surface area (Å²) in [4.78, 5) is 20.2. The second kappa shape index (κ2) is 8.75. The van der Waals surface area contributed by atoms with Crippen molar-refractivity contribution in [3.8, 4) is 11.8 Å². The summed E-state index contributed by atoms with van der Waals surface area (Å²) in [6.07, 6.45) is 2.41. The van der Waals surface area contributed by atoms with Crippen LogP contribution in [0.15, 0.2) is 54.6 Å². The molecule has 0 bridgehead atoms. The Balaban J connectivity index is 1.46. The number of carbonyl (C=O) groups is 1. The predicted octanol–water partition coefficient (Wildman–Crippen LogP) is 3.66. The van der Waals surface area contributed by atoms with Crippen molar-refractivity contribution in [2.45, 2.75) is 26.0 Å². The Kier molecular flexibility index (Phi) is 5.51. The lowest BCUT2D eigenvalue weighted by molar-refractivity contribution is 0.0749. The first-order valence-electron chi connectivity index (χ1n) is 11.0. The van der Waals surface area contributed by atoms with Crippen molar-refractivity contribution in [1.29, 1.82) is 5.26 Å². The van der Waals surface area contributed by atoms with Gasteiger partial charge < -0.3 is 19.5 Å². The number of hydrogen-bond acceptors (Lipinski definition) is 5. The van der Waals surface area contributed by atoms with Crippen LogP contribution < -0.4 is 10.1 Å². The number of nitrogens with zero attached hydrogens (tertiary/aromatic N) is 4. The molecule has 2 aromatic carbocycles. The fourth-order valence-electron chi connectivity index (χ4n) is 4.01. The van der Waals surface area contributed by atoms with Gasteiger partial charge in [0.05, 0.1) is 11.6 Å². The number of ether oxygens (including phenoxy) is 1. The largest absolute Gasteiger partial charge is 0.486 e. The maximum Gasteiger partial charge on any atom is 0.274 e. The summed E-state index contributed by atoms with van der Waals surface area (Å²) in [5.41, 5.74) is 2.28. The lowest BCUT2D eigenvalue weighted by Gasteiger charge is -2.21. The number of carbonyl (C=O) groups excluding carboxylic acids is 1. The van der Waals surface area contributed by atoms with Crippen molar-refractivity contribution in [1.82, 2.24) is 14.5 Å². The van der Waals surface area contributed by atoms with Gasteiger partial charge in [0, 0.05) is 26.2 Å². The van der Waals surface area contributed by atoms with Gasteiger partial charge >= 0.3 is 0 Å². The first kappa shape index (κ1) is 20.1. The topological polar surface area (TPSA) is 83.2 Å². The van der Waals surface area contributed by atoms with Crippen LogP contribution in [0.4, 0.5) is 5.82 Å². The normalized spacial score (nSPS) is 15.5. The third-order valence-corrected chi connectivity index (χ3v) is 5.92. The van der Waals surface area contributed by atoms with E-state index in [1.165, 1.54) is 12.8 Å². The number of anilines is 1. The molecule has 1 aromatic heterocycles. The molecule has 0 radical (unpaired) electrons. The standard InChI is InChI=1S/C25H25N5O2/c26-14-18-8-10-21(11-9-18)32-17-22-28-24-23(30(22)16-19-4-2-1-3-5-19)25(31)29(13-12-27-24)15-20-6-7-20/h1-5,8-11,20,27H,6-7,12-13,15-17H2. The SMILES string of the molecule is N#Cc1ccc(OCc2nc3c(n2Cc2ccccc2)C(=O)N(CC2CC2)CCN3)cc1. The van der Waals surface area contributed by atoms with E-state index in [0.717, 1.165) is 12.1 Å². The summed E-state index contributed by atoms with van der Waals surface area (Å²) in [5, 5.41) is 12.3. The highest BCUT2D eigenvalue weighted by Gasteiger charge is 2.33. The van der Waals surface area contributed by atoms with Gasteiger partial charge in [-0.1, -0.05) is 30.3 Å². The predicted molar refractivity (Wildman–Crippen MR) is 120 cm³/mol. The third kappa shape index (κ3) is 4.30. The Morgan fingerprint density at radius 1 is 1.12 bits per heavy atom. The van der Waals surface area contributed by atoms with Crippen molar-refractivity contribution < 1.29 is 9.53 Å². The average molecular weight is 428 g/mol. The van der Waals surface area contributed by atoms with E-state index in [0.29, 0.717) is 54.2 Å². The van der Waals surface area contributed by atoms with Gasteiger partial charge in [-0.2, -0.15) is 5.26 Å². The van der Waals surface area contributed by atoms with Gasteiger partial charge in [-0.05, 0) is 48.6 Å². The van der Waals surface area contributed by atoms with Gasteiger partial charge in [-0.3, -0.25) is 4.79 Å². The fraction of sp³-hybridized carbons (Fsp3) is 0.320. The molecule has 1 aliphatic heterocycles. The minimum Gasteiger partial charge on any atom is -0.486 e. The number of rotatable bonds is 7. The molecule has 1 fully saturated rings. The number of amides is 1. The lowest BCUT2D eigenvalue weighted by Crippen LogP contribution is -2.35. The molecule has 3 aromatic rings. The zero-order valence-corrected chi connectivity index (χ0v) is 17.8. The van der Waals surface area contributed by atoms with Crippen LogP contribution in [0.25, 0.3) is 0 Å². The molecule has 1 N–H and O–H groups in total. The summed E-state index contributed by atoms with van der Waals surface area (Å²) in [6.45, 7) is 2.95. The van der Waals surface area contributed by atoms with Crippen molar-refractivity contribution in [3.05, 3.63) is 77.2 Å². The second-order valence-corrected chi connectivity index (χ2v) is 8.34. The molecule has 7 nitrogen and oxygen atoms in total. The van der Waals surface area contributed by atoms with E-state index >= 15 is 0 Å². The third-order valence-electron chi connectivity index (χ3n) is 5.92. The molecular formula is C25H25N5O2. The Labute approximate surface area is 187 Å². The van der Waals surface area contributed by atoms with Crippen LogP contribution in [0.3, 0.4) is 0 Å². The van der Waals surface area contributed by atoms with Gasteiger partial charge in [-0.15, -0.1) is 0 Å². The van der Waals surface area contributed by atoms with Crippen molar-refractivity contribution in [2.24, 2.45) is 5.92 Å². The molecule has 1 saturated carbocycles. The van der Waals surface area contributed by atoms with Crippen LogP contribution in [0.5, 0.6) is 5.75 Å². The first-order chi connectivity index (χ1) is 15.7. The summed E-state index contributed by atoms with van der Waals surface area (Å²) in [6, 6.07) is 19.2. The van der Waals surface area contributed by atoms with Crippen LogP contribution in [-0.4, -0.2) is 40.0 Å². The van der Waals surface area contributed by atoms with Crippen molar-refractivity contribution in [3.63, 3.8) is 0 Å². The minimum absolute atomic E-state index is 0.0324. The molecule has 5 rings (SSSR count). The van der Waals surface area contributed by atoms with Crippen LogP contribution in [-0.2, 0) is 13.2 Å². The number of nitriles is 1. The van der Waals surface area contributed by atoms with Gasteiger partial charge in [0.15, 0.2) is 11.5 Å². The van der Waals surface area contributed by atoms with Gasteiger partial charge in [0.2, 0.25) is 0 Å². The molecule has 0 unspecified atom stereocenters. The van der Waals surface area contributed by atoms with E-state index in [1.54, 1.807) is 24.3 Å². The van der Waals surface area contributed by atoms with Crippen LogP contribution >= 0.6 is 0 Å². The molecule has 2 aliphatic rings. The number of fused-ring (bicyclic) bond motifs is 1. The van der Waals surface area contributed by atoms with Crippen LogP contribution in [0, 0.1) is 17.2 Å². The number of imidazole rings is 1. The monoisotopic (exact) mass is 427 g/mol. The molecule has 1 amide bonds. The molecule has 2 heterocycles. The first-order valence-corrected chi connectivity index (χ1v) is 11.0. The number of nitrogens with one attached hydrogen (secondary N) is 1. The number of hydrogen-bond donors (Lipinski definition) is 1. The number of benzene rings is 2. The highest BCUT2D eigenvalue weighted by atomic mass is 16.5. The van der Waals surface area contributed by atoms with Crippen LogP contribution in [0.1, 0.15) is 40.3 Å². The molecule has 7 heteroatoms. The Bertz CT molecular complexity index is 1140. The summed E-state index contributed by atoms with van der Waals surface area (Å²) < 4.78 is 7.95. The fourth-order valence-corrected chi connectivity index (χ4v) is 4.01. The second-order valence-electron chi connectivity index (χ2n) is 8.34.